The van der Waals surface area contributed by atoms with E-state index < -0.39 is 4.92 Å². The van der Waals surface area contributed by atoms with Crippen LogP contribution in [0.4, 0.5) is 11.4 Å². The number of carbonyl (C=O) groups excluding carboxylic acids is 1. The molecule has 0 radical (unpaired) electrons. The van der Waals surface area contributed by atoms with E-state index in [1.165, 1.54) is 19.5 Å². The summed E-state index contributed by atoms with van der Waals surface area (Å²) in [5, 5.41) is 17.1. The van der Waals surface area contributed by atoms with Crippen molar-refractivity contribution in [3.05, 3.63) is 33.9 Å². The van der Waals surface area contributed by atoms with E-state index >= 15 is 0 Å². The van der Waals surface area contributed by atoms with Gasteiger partial charge in [0, 0.05) is 24.7 Å². The molecule has 120 valence electrons. The number of hydrogen-bond donors (Lipinski definition) is 2. The maximum absolute atomic E-state index is 11.6. The molecular weight excluding hydrogens is 282 g/mol. The molecule has 0 aromatic heterocycles. The molecule has 22 heavy (non-hydrogen) atoms. The van der Waals surface area contributed by atoms with Crippen LogP contribution in [-0.2, 0) is 0 Å². The van der Waals surface area contributed by atoms with Gasteiger partial charge in [-0.3, -0.25) is 14.9 Å². The van der Waals surface area contributed by atoms with Crippen molar-refractivity contribution in [3.8, 4) is 0 Å². The summed E-state index contributed by atoms with van der Waals surface area (Å²) in [4.78, 5) is 22.5. The summed E-state index contributed by atoms with van der Waals surface area (Å²) in [5.74, 6) is 0.398. The molecule has 1 saturated carbocycles. The predicted molar refractivity (Wildman–Crippen MR) is 86.1 cm³/mol. The van der Waals surface area contributed by atoms with E-state index in [0.717, 1.165) is 31.6 Å². The molecule has 2 atom stereocenters. The molecule has 6 heteroatoms. The number of nitrogens with one attached hydrogen (secondary N) is 2. The molecule has 0 spiro atoms. The molecule has 6 nitrogen and oxygen atoms in total. The van der Waals surface area contributed by atoms with Crippen molar-refractivity contribution in [1.29, 1.82) is 0 Å². The smallest absolute Gasteiger partial charge is 0.293 e. The fraction of sp³-hybridized carbons (Fsp3) is 0.562. The average molecular weight is 305 g/mol. The minimum atomic E-state index is -0.436. The number of nitro groups is 1. The predicted octanol–water partition coefficient (Wildman–Crippen LogP) is 3.34. The van der Waals surface area contributed by atoms with E-state index in [1.807, 2.05) is 0 Å². The molecule has 1 fully saturated rings. The van der Waals surface area contributed by atoms with Crippen LogP contribution in [0, 0.1) is 16.0 Å². The second-order valence-electron chi connectivity index (χ2n) is 6.02. The number of rotatable bonds is 4. The van der Waals surface area contributed by atoms with Crippen LogP contribution in [0.2, 0.25) is 0 Å². The lowest BCUT2D eigenvalue weighted by atomic mass is 10.0. The second kappa shape index (κ2) is 7.24. The molecule has 2 N–H and O–H groups in total. The highest BCUT2D eigenvalue weighted by molar-refractivity contribution is 5.95. The largest absolute Gasteiger partial charge is 0.377 e. The van der Waals surface area contributed by atoms with Crippen molar-refractivity contribution in [2.45, 2.75) is 45.1 Å². The Labute approximate surface area is 130 Å². The molecule has 0 heterocycles. The minimum Gasteiger partial charge on any atom is -0.377 e. The van der Waals surface area contributed by atoms with Gasteiger partial charge in [-0.25, -0.2) is 0 Å². The van der Waals surface area contributed by atoms with Crippen molar-refractivity contribution in [1.82, 2.24) is 5.32 Å². The number of hydrogen-bond acceptors (Lipinski definition) is 4. The quantitative estimate of drug-likeness (QED) is 0.507. The third-order valence-corrected chi connectivity index (χ3v) is 4.30. The van der Waals surface area contributed by atoms with Crippen LogP contribution in [0.1, 0.15) is 49.4 Å². The molecule has 1 aliphatic carbocycles. The number of nitrogens with zero attached hydrogens (tertiary/aromatic N) is 1. The standard InChI is InChI=1S/C16H23N3O3/c1-11-4-3-5-13(8-6-11)18-14-9-7-12(16(20)17-2)10-15(14)19(21)22/h7,9-11,13,18H,3-6,8H2,1-2H3,(H,17,20). The monoisotopic (exact) mass is 305 g/mol. The Balaban J connectivity index is 2.19. The zero-order valence-corrected chi connectivity index (χ0v) is 13.1. The summed E-state index contributed by atoms with van der Waals surface area (Å²) in [6.45, 7) is 2.25. The summed E-state index contributed by atoms with van der Waals surface area (Å²) in [6, 6.07) is 4.85. The van der Waals surface area contributed by atoms with Crippen LogP contribution in [0.15, 0.2) is 18.2 Å². The Morgan fingerprint density at radius 1 is 1.27 bits per heavy atom. The molecule has 0 aliphatic heterocycles. The van der Waals surface area contributed by atoms with Gasteiger partial charge in [0.1, 0.15) is 5.69 Å². The lowest BCUT2D eigenvalue weighted by molar-refractivity contribution is -0.384. The van der Waals surface area contributed by atoms with Crippen molar-refractivity contribution in [2.75, 3.05) is 12.4 Å². The van der Waals surface area contributed by atoms with Crippen LogP contribution in [0.5, 0.6) is 0 Å². The Morgan fingerprint density at radius 3 is 2.73 bits per heavy atom. The van der Waals surface area contributed by atoms with Crippen LogP contribution in [-0.4, -0.2) is 23.9 Å². The minimum absolute atomic E-state index is 0.0432. The van der Waals surface area contributed by atoms with Gasteiger partial charge in [0.05, 0.1) is 4.92 Å². The van der Waals surface area contributed by atoms with Crippen molar-refractivity contribution in [3.63, 3.8) is 0 Å². The molecule has 1 amide bonds. The van der Waals surface area contributed by atoms with Crippen molar-refractivity contribution in [2.24, 2.45) is 5.92 Å². The molecular formula is C16H23N3O3. The first-order valence-corrected chi connectivity index (χ1v) is 7.78. The number of nitro benzene ring substituents is 1. The zero-order valence-electron chi connectivity index (χ0n) is 13.1. The molecule has 0 saturated heterocycles. The first kappa shape index (κ1) is 16.3. The van der Waals surface area contributed by atoms with Gasteiger partial charge in [-0.2, -0.15) is 0 Å². The Hall–Kier alpha value is -2.11. The number of benzene rings is 1. The van der Waals surface area contributed by atoms with Crippen molar-refractivity contribution >= 4 is 17.3 Å². The van der Waals surface area contributed by atoms with E-state index in [-0.39, 0.29) is 17.6 Å². The van der Waals surface area contributed by atoms with Gasteiger partial charge in [0.2, 0.25) is 0 Å². The maximum Gasteiger partial charge on any atom is 0.293 e. The molecule has 1 aliphatic rings. The summed E-state index contributed by atoms with van der Waals surface area (Å²) in [7, 11) is 1.51. The first-order chi connectivity index (χ1) is 10.5. The second-order valence-corrected chi connectivity index (χ2v) is 6.02. The van der Waals surface area contributed by atoms with E-state index in [2.05, 4.69) is 17.6 Å². The molecule has 2 rings (SSSR count). The van der Waals surface area contributed by atoms with Gasteiger partial charge in [-0.05, 0) is 37.3 Å². The maximum atomic E-state index is 11.6. The highest BCUT2D eigenvalue weighted by Gasteiger charge is 2.21. The SMILES string of the molecule is CNC(=O)c1ccc(NC2CCCC(C)CC2)c([N+](=O)[O-])c1. The van der Waals surface area contributed by atoms with Gasteiger partial charge < -0.3 is 10.6 Å². The topological polar surface area (TPSA) is 84.3 Å². The summed E-state index contributed by atoms with van der Waals surface area (Å²) < 4.78 is 0. The van der Waals surface area contributed by atoms with Crippen molar-refractivity contribution < 1.29 is 9.72 Å². The summed E-state index contributed by atoms with van der Waals surface area (Å²) >= 11 is 0. The van der Waals surface area contributed by atoms with Crippen LogP contribution < -0.4 is 10.6 Å². The van der Waals surface area contributed by atoms with Gasteiger partial charge in [0.15, 0.2) is 0 Å². The third-order valence-electron chi connectivity index (χ3n) is 4.30. The molecule has 2 unspecified atom stereocenters. The van der Waals surface area contributed by atoms with E-state index in [4.69, 9.17) is 0 Å². The number of carbonyl (C=O) groups is 1. The van der Waals surface area contributed by atoms with Gasteiger partial charge in [-0.1, -0.05) is 19.8 Å². The van der Waals surface area contributed by atoms with E-state index in [9.17, 15) is 14.9 Å². The van der Waals surface area contributed by atoms with Crippen LogP contribution >= 0.6 is 0 Å². The Bertz CT molecular complexity index is 560. The fourth-order valence-electron chi connectivity index (χ4n) is 2.94. The average Bonchev–Trinajstić information content (AvgIpc) is 2.71. The lowest BCUT2D eigenvalue weighted by Gasteiger charge is -2.18. The van der Waals surface area contributed by atoms with Crippen LogP contribution in [0.25, 0.3) is 0 Å². The first-order valence-electron chi connectivity index (χ1n) is 7.78. The Kier molecular flexibility index (Phi) is 5.35. The molecule has 1 aromatic carbocycles. The van der Waals surface area contributed by atoms with Gasteiger partial charge in [-0.15, -0.1) is 0 Å². The Morgan fingerprint density at radius 2 is 2.05 bits per heavy atom. The lowest BCUT2D eigenvalue weighted by Crippen LogP contribution is -2.20. The normalized spacial score (nSPS) is 21.7. The van der Waals surface area contributed by atoms with Crippen LogP contribution in [0.3, 0.4) is 0 Å². The van der Waals surface area contributed by atoms with Gasteiger partial charge in [0.25, 0.3) is 11.6 Å². The highest BCUT2D eigenvalue weighted by atomic mass is 16.6. The van der Waals surface area contributed by atoms with E-state index in [1.54, 1.807) is 12.1 Å². The molecule has 1 aromatic rings. The fourth-order valence-corrected chi connectivity index (χ4v) is 2.94. The summed E-state index contributed by atoms with van der Waals surface area (Å²) in [5.41, 5.74) is 0.754. The summed E-state index contributed by atoms with van der Waals surface area (Å²) in [6.07, 6.45) is 5.55. The zero-order chi connectivity index (χ0) is 16.1. The number of amides is 1. The number of anilines is 1. The molecule has 0 bridgehead atoms. The van der Waals surface area contributed by atoms with Gasteiger partial charge >= 0.3 is 0 Å². The highest BCUT2D eigenvalue weighted by Crippen LogP contribution is 2.30. The van der Waals surface area contributed by atoms with E-state index in [0.29, 0.717) is 11.3 Å². The third kappa shape index (κ3) is 3.96.